The highest BCUT2D eigenvalue weighted by molar-refractivity contribution is 6.32. The second-order valence-corrected chi connectivity index (χ2v) is 5.20. The topological polar surface area (TPSA) is 67.4 Å². The molecule has 10 heteroatoms. The molecule has 0 saturated heterocycles. The minimum absolute atomic E-state index is 0.0101. The number of halogens is 4. The fourth-order valence-electron chi connectivity index (χ4n) is 2.18. The molecule has 24 heavy (non-hydrogen) atoms. The van der Waals surface area contributed by atoms with E-state index in [9.17, 15) is 18.0 Å². The average molecular weight is 360 g/mol. The van der Waals surface area contributed by atoms with Crippen LogP contribution >= 0.6 is 11.6 Å². The SMILES string of the molecule is COC(=O)C1(C(F)(F)F)N=C2C=CC(Cl)=CN2C(c2ccco2)=N1. The molecule has 0 bridgehead atoms. The Balaban J connectivity index is 2.26. The lowest BCUT2D eigenvalue weighted by molar-refractivity contribution is -0.202. The van der Waals surface area contributed by atoms with E-state index in [1.807, 2.05) is 0 Å². The van der Waals surface area contributed by atoms with Crippen LogP contribution in [-0.4, -0.2) is 41.5 Å². The average Bonchev–Trinajstić information content (AvgIpc) is 3.06. The van der Waals surface area contributed by atoms with Gasteiger partial charge in [-0.15, -0.1) is 0 Å². The number of amidine groups is 2. The number of alkyl halides is 3. The molecular weight excluding hydrogens is 351 g/mol. The molecule has 1 atom stereocenters. The molecule has 0 fully saturated rings. The van der Waals surface area contributed by atoms with Crippen molar-refractivity contribution < 1.29 is 27.1 Å². The summed E-state index contributed by atoms with van der Waals surface area (Å²) in [5, 5.41) is 0.241. The minimum atomic E-state index is -5.12. The second kappa shape index (κ2) is 5.52. The van der Waals surface area contributed by atoms with E-state index < -0.39 is 17.8 Å². The molecule has 2 aliphatic rings. The first-order valence-corrected chi connectivity index (χ1v) is 6.89. The molecule has 0 amide bonds. The van der Waals surface area contributed by atoms with Gasteiger partial charge < -0.3 is 9.15 Å². The molecular formula is C14H9ClF3N3O3. The molecule has 1 aromatic rings. The van der Waals surface area contributed by atoms with Gasteiger partial charge in [0.15, 0.2) is 11.6 Å². The van der Waals surface area contributed by atoms with E-state index in [-0.39, 0.29) is 22.5 Å². The van der Waals surface area contributed by atoms with Crippen molar-refractivity contribution in [2.75, 3.05) is 7.11 Å². The number of fused-ring (bicyclic) bond motifs is 1. The van der Waals surface area contributed by atoms with Gasteiger partial charge in [-0.25, -0.2) is 14.8 Å². The third kappa shape index (κ3) is 2.41. The van der Waals surface area contributed by atoms with Crippen molar-refractivity contribution in [2.45, 2.75) is 11.8 Å². The van der Waals surface area contributed by atoms with Crippen LogP contribution in [0.25, 0.3) is 0 Å². The summed E-state index contributed by atoms with van der Waals surface area (Å²) < 4.78 is 50.4. The van der Waals surface area contributed by atoms with E-state index in [1.54, 1.807) is 0 Å². The van der Waals surface area contributed by atoms with Gasteiger partial charge in [0.2, 0.25) is 0 Å². The predicted molar refractivity (Wildman–Crippen MR) is 78.4 cm³/mol. The number of furan rings is 1. The zero-order chi connectivity index (χ0) is 17.5. The molecule has 0 radical (unpaired) electrons. The molecule has 0 aliphatic carbocycles. The number of aliphatic imine (C=N–C) groups is 2. The van der Waals surface area contributed by atoms with Crippen molar-refractivity contribution in [2.24, 2.45) is 9.98 Å². The van der Waals surface area contributed by atoms with Crippen molar-refractivity contribution in [3.63, 3.8) is 0 Å². The highest BCUT2D eigenvalue weighted by Crippen LogP contribution is 2.40. The maximum Gasteiger partial charge on any atom is 0.445 e. The number of hydrogen-bond donors (Lipinski definition) is 0. The first kappa shape index (κ1) is 16.3. The first-order valence-electron chi connectivity index (χ1n) is 6.52. The molecule has 0 saturated carbocycles. The van der Waals surface area contributed by atoms with Crippen molar-refractivity contribution in [1.82, 2.24) is 4.90 Å². The van der Waals surface area contributed by atoms with Crippen molar-refractivity contribution in [1.29, 1.82) is 0 Å². The van der Waals surface area contributed by atoms with Crippen LogP contribution in [0.15, 0.2) is 56.2 Å². The molecule has 3 rings (SSSR count). The number of ether oxygens (including phenoxy) is 1. The van der Waals surface area contributed by atoms with E-state index in [4.69, 9.17) is 16.0 Å². The summed E-state index contributed by atoms with van der Waals surface area (Å²) in [6, 6.07) is 2.88. The highest BCUT2D eigenvalue weighted by Gasteiger charge is 2.65. The summed E-state index contributed by atoms with van der Waals surface area (Å²) in [6.45, 7) is 0. The van der Waals surface area contributed by atoms with E-state index in [1.165, 1.54) is 41.6 Å². The maximum atomic E-state index is 13.7. The number of carbonyl (C=O) groups excluding carboxylic acids is 1. The summed E-state index contributed by atoms with van der Waals surface area (Å²) in [4.78, 5) is 20.2. The smallest absolute Gasteiger partial charge is 0.445 e. The monoisotopic (exact) mass is 359 g/mol. The number of methoxy groups -OCH3 is 1. The van der Waals surface area contributed by atoms with Crippen LogP contribution in [-0.2, 0) is 9.53 Å². The molecule has 6 nitrogen and oxygen atoms in total. The van der Waals surface area contributed by atoms with Gasteiger partial charge in [-0.2, -0.15) is 13.2 Å². The minimum Gasteiger partial charge on any atom is -0.465 e. The van der Waals surface area contributed by atoms with Crippen LogP contribution < -0.4 is 0 Å². The highest BCUT2D eigenvalue weighted by atomic mass is 35.5. The third-order valence-corrected chi connectivity index (χ3v) is 3.49. The number of carbonyl (C=O) groups is 1. The van der Waals surface area contributed by atoms with Crippen LogP contribution in [0.1, 0.15) is 5.76 Å². The number of hydrogen-bond acceptors (Lipinski definition) is 6. The van der Waals surface area contributed by atoms with Crippen LogP contribution in [0.3, 0.4) is 0 Å². The Kier molecular flexibility index (Phi) is 3.75. The Morgan fingerprint density at radius 3 is 2.71 bits per heavy atom. The molecule has 1 aromatic heterocycles. The van der Waals surface area contributed by atoms with Gasteiger partial charge in [0.25, 0.3) is 0 Å². The molecule has 2 aliphatic heterocycles. The maximum absolute atomic E-state index is 13.7. The Hall–Kier alpha value is -2.55. The van der Waals surface area contributed by atoms with Crippen molar-refractivity contribution in [3.8, 4) is 0 Å². The predicted octanol–water partition coefficient (Wildman–Crippen LogP) is 2.82. The quantitative estimate of drug-likeness (QED) is 0.761. The van der Waals surface area contributed by atoms with Crippen LogP contribution in [0.4, 0.5) is 13.2 Å². The van der Waals surface area contributed by atoms with E-state index >= 15 is 0 Å². The Morgan fingerprint density at radius 1 is 1.38 bits per heavy atom. The summed E-state index contributed by atoms with van der Waals surface area (Å²) in [5.41, 5.74) is -3.42. The van der Waals surface area contributed by atoms with Crippen molar-refractivity contribution in [3.05, 3.63) is 47.5 Å². The number of allylic oxidation sites excluding steroid dienone is 2. The summed E-state index contributed by atoms with van der Waals surface area (Å²) >= 11 is 5.89. The number of esters is 1. The standard InChI is InChI=1S/C14H9ClF3N3O3/c1-23-12(22)13(14(16,17)18)19-10-5-4-8(15)7-21(10)11(20-13)9-3-2-6-24-9/h2-7H,1H3. The lowest BCUT2D eigenvalue weighted by atomic mass is 10.1. The van der Waals surface area contributed by atoms with Gasteiger partial charge >= 0.3 is 17.8 Å². The van der Waals surface area contributed by atoms with Gasteiger partial charge in [0.05, 0.1) is 18.4 Å². The third-order valence-electron chi connectivity index (χ3n) is 3.27. The fourth-order valence-corrected chi connectivity index (χ4v) is 2.34. The molecule has 0 spiro atoms. The second-order valence-electron chi connectivity index (χ2n) is 4.76. The van der Waals surface area contributed by atoms with E-state index in [0.717, 1.165) is 7.11 Å². The molecule has 1 unspecified atom stereocenters. The van der Waals surface area contributed by atoms with Crippen molar-refractivity contribution >= 4 is 29.2 Å². The molecule has 0 N–H and O–H groups in total. The summed E-state index contributed by atoms with van der Waals surface area (Å²) in [5.74, 6) is -2.09. The van der Waals surface area contributed by atoms with Gasteiger partial charge in [-0.05, 0) is 24.3 Å². The zero-order valence-corrected chi connectivity index (χ0v) is 12.8. The fraction of sp³-hybridized carbons (Fsp3) is 0.214. The number of rotatable bonds is 2. The Bertz CT molecular complexity index is 796. The largest absolute Gasteiger partial charge is 0.465 e. The van der Waals surface area contributed by atoms with Crippen LogP contribution in [0, 0.1) is 0 Å². The van der Waals surface area contributed by atoms with E-state index in [2.05, 4.69) is 14.7 Å². The first-order chi connectivity index (χ1) is 11.3. The van der Waals surface area contributed by atoms with Gasteiger partial charge in [0.1, 0.15) is 5.84 Å². The lowest BCUT2D eigenvalue weighted by Gasteiger charge is -2.35. The normalized spacial score (nSPS) is 23.2. The van der Waals surface area contributed by atoms with Gasteiger partial charge in [0, 0.05) is 6.20 Å². The van der Waals surface area contributed by atoms with Crippen LogP contribution in [0.5, 0.6) is 0 Å². The van der Waals surface area contributed by atoms with Crippen LogP contribution in [0.2, 0.25) is 0 Å². The Labute approximate surface area is 138 Å². The molecule has 3 heterocycles. The zero-order valence-electron chi connectivity index (χ0n) is 12.0. The lowest BCUT2D eigenvalue weighted by Crippen LogP contribution is -2.55. The molecule has 0 aromatic carbocycles. The Morgan fingerprint density at radius 2 is 2.12 bits per heavy atom. The summed E-state index contributed by atoms with van der Waals surface area (Å²) in [6.07, 6.45) is 0.0562. The number of nitrogens with zero attached hydrogens (tertiary/aromatic N) is 3. The van der Waals surface area contributed by atoms with Gasteiger partial charge in [-0.3, -0.25) is 4.90 Å². The van der Waals surface area contributed by atoms with Gasteiger partial charge in [-0.1, -0.05) is 11.6 Å². The van der Waals surface area contributed by atoms with E-state index in [0.29, 0.717) is 0 Å². The summed E-state index contributed by atoms with van der Waals surface area (Å²) in [7, 11) is 0.831. The molecule has 126 valence electrons.